The van der Waals surface area contributed by atoms with Gasteiger partial charge in [0.25, 0.3) is 5.89 Å². The Balaban J connectivity index is 1.52. The van der Waals surface area contributed by atoms with Gasteiger partial charge in [0.1, 0.15) is 17.0 Å². The third-order valence-corrected chi connectivity index (χ3v) is 4.27. The molecule has 0 aromatic carbocycles. The molecule has 10 heteroatoms. The third kappa shape index (κ3) is 5.14. The average molecular weight is 396 g/mol. The summed E-state index contributed by atoms with van der Waals surface area (Å²) in [5.74, 6) is 0.694. The first-order valence-electron chi connectivity index (χ1n) is 8.85. The van der Waals surface area contributed by atoms with Crippen molar-refractivity contribution in [1.82, 2.24) is 25.0 Å². The van der Waals surface area contributed by atoms with E-state index in [9.17, 15) is 4.79 Å². The molecule has 2 aromatic heterocycles. The highest BCUT2D eigenvalue weighted by Gasteiger charge is 2.27. The van der Waals surface area contributed by atoms with Crippen LogP contribution in [0.15, 0.2) is 16.9 Å². The van der Waals surface area contributed by atoms with Crippen molar-refractivity contribution in [1.29, 1.82) is 0 Å². The lowest BCUT2D eigenvalue weighted by molar-refractivity contribution is -0.0402. The number of piperidine rings is 1. The fourth-order valence-electron chi connectivity index (χ4n) is 2.73. The van der Waals surface area contributed by atoms with Gasteiger partial charge in [0.15, 0.2) is 0 Å². The van der Waals surface area contributed by atoms with Gasteiger partial charge in [0.2, 0.25) is 5.82 Å². The van der Waals surface area contributed by atoms with Crippen molar-refractivity contribution in [3.8, 4) is 11.6 Å². The fraction of sp³-hybridized carbons (Fsp3) is 0.588. The first-order valence-corrected chi connectivity index (χ1v) is 9.22. The number of carbonyl (C=O) groups is 1. The molecule has 0 saturated carbocycles. The van der Waals surface area contributed by atoms with Crippen molar-refractivity contribution in [2.45, 2.75) is 51.9 Å². The Morgan fingerprint density at radius 2 is 2.00 bits per heavy atom. The Kier molecular flexibility index (Phi) is 6.22. The molecule has 9 nitrogen and oxygen atoms in total. The zero-order chi connectivity index (χ0) is 19.4. The molecule has 0 radical (unpaired) electrons. The molecule has 1 amide bonds. The normalized spacial score (nSPS) is 16.6. The largest absolute Gasteiger partial charge is 0.447 e. The summed E-state index contributed by atoms with van der Waals surface area (Å²) in [6.07, 6.45) is 3.61. The second kappa shape index (κ2) is 8.62. The van der Waals surface area contributed by atoms with E-state index >= 15 is 0 Å². The van der Waals surface area contributed by atoms with Crippen LogP contribution in [-0.2, 0) is 9.47 Å². The van der Waals surface area contributed by atoms with Crippen molar-refractivity contribution in [2.75, 3.05) is 13.1 Å². The number of likely N-dealkylation sites (tertiary alicyclic amines) is 1. The van der Waals surface area contributed by atoms with Gasteiger partial charge >= 0.3 is 6.09 Å². The van der Waals surface area contributed by atoms with Crippen LogP contribution in [0.25, 0.3) is 11.6 Å². The molecule has 3 heterocycles. The van der Waals surface area contributed by atoms with E-state index in [4.69, 9.17) is 25.6 Å². The van der Waals surface area contributed by atoms with Crippen LogP contribution in [0.4, 0.5) is 4.79 Å². The lowest BCUT2D eigenvalue weighted by Crippen LogP contribution is -2.42. The van der Waals surface area contributed by atoms with E-state index in [2.05, 4.69) is 20.1 Å². The Morgan fingerprint density at radius 3 is 2.63 bits per heavy atom. The van der Waals surface area contributed by atoms with Gasteiger partial charge in [-0.2, -0.15) is 4.98 Å². The number of hydrogen-bond donors (Lipinski definition) is 0. The molecule has 0 N–H and O–H groups in total. The minimum Gasteiger partial charge on any atom is -0.447 e. The van der Waals surface area contributed by atoms with Crippen LogP contribution in [0.5, 0.6) is 0 Å². The van der Waals surface area contributed by atoms with Gasteiger partial charge in [-0.1, -0.05) is 16.8 Å². The molecule has 1 atom stereocenters. The molecular weight excluding hydrogens is 374 g/mol. The Morgan fingerprint density at radius 1 is 1.26 bits per heavy atom. The Hall–Kier alpha value is -2.26. The number of carbonyl (C=O) groups excluding carboxylic acids is 1. The predicted octanol–water partition coefficient (Wildman–Crippen LogP) is 3.27. The summed E-state index contributed by atoms with van der Waals surface area (Å²) in [7, 11) is 0. The molecule has 1 aliphatic rings. The molecule has 1 saturated heterocycles. The number of ether oxygens (including phenoxy) is 2. The van der Waals surface area contributed by atoms with E-state index in [0.29, 0.717) is 29.8 Å². The first kappa shape index (κ1) is 19.5. The summed E-state index contributed by atoms with van der Waals surface area (Å²) in [5.41, 5.74) is 0.447. The molecule has 2 aromatic rings. The highest BCUT2D eigenvalue weighted by atomic mass is 35.5. The predicted molar refractivity (Wildman–Crippen MR) is 96.0 cm³/mol. The number of hydrogen-bond acceptors (Lipinski definition) is 8. The van der Waals surface area contributed by atoms with Gasteiger partial charge < -0.3 is 18.9 Å². The summed E-state index contributed by atoms with van der Waals surface area (Å²) in [6, 6.07) is 0. The topological polar surface area (TPSA) is 103 Å². The van der Waals surface area contributed by atoms with Crippen LogP contribution < -0.4 is 0 Å². The highest BCUT2D eigenvalue weighted by molar-refractivity contribution is 6.29. The van der Waals surface area contributed by atoms with Crippen LogP contribution in [0.1, 0.15) is 45.5 Å². The number of aromatic nitrogens is 4. The minimum atomic E-state index is -0.345. The summed E-state index contributed by atoms with van der Waals surface area (Å²) < 4.78 is 16.5. The molecule has 146 valence electrons. The molecular formula is C17H22ClN5O4. The van der Waals surface area contributed by atoms with E-state index in [1.54, 1.807) is 4.90 Å². The second-order valence-electron chi connectivity index (χ2n) is 6.58. The first-order chi connectivity index (χ1) is 12.9. The number of amides is 1. The summed E-state index contributed by atoms with van der Waals surface area (Å²) in [5, 5.41) is 4.25. The number of rotatable bonds is 5. The maximum Gasteiger partial charge on any atom is 0.410 e. The highest BCUT2D eigenvalue weighted by Crippen LogP contribution is 2.24. The van der Waals surface area contributed by atoms with Crippen molar-refractivity contribution in [2.24, 2.45) is 0 Å². The molecule has 0 spiro atoms. The fourth-order valence-corrected chi connectivity index (χ4v) is 2.82. The van der Waals surface area contributed by atoms with E-state index in [0.717, 1.165) is 12.8 Å². The lowest BCUT2D eigenvalue weighted by atomic mass is 10.1. The van der Waals surface area contributed by atoms with Gasteiger partial charge in [-0.05, 0) is 33.6 Å². The maximum absolute atomic E-state index is 11.9. The average Bonchev–Trinajstić information content (AvgIpc) is 3.12. The van der Waals surface area contributed by atoms with E-state index in [-0.39, 0.29) is 30.3 Å². The Labute approximate surface area is 162 Å². The summed E-state index contributed by atoms with van der Waals surface area (Å²) in [6.45, 7) is 6.73. The molecule has 0 aliphatic carbocycles. The zero-order valence-corrected chi connectivity index (χ0v) is 16.2. The van der Waals surface area contributed by atoms with Gasteiger partial charge in [-0.25, -0.2) is 14.8 Å². The summed E-state index contributed by atoms with van der Waals surface area (Å²) in [4.78, 5) is 26.0. The van der Waals surface area contributed by atoms with Gasteiger partial charge in [0, 0.05) is 13.1 Å². The minimum absolute atomic E-state index is 0.0142. The van der Waals surface area contributed by atoms with Crippen LogP contribution in [0, 0.1) is 0 Å². The van der Waals surface area contributed by atoms with Crippen molar-refractivity contribution >= 4 is 17.7 Å². The molecule has 1 unspecified atom stereocenters. The van der Waals surface area contributed by atoms with Gasteiger partial charge in [0.05, 0.1) is 24.6 Å². The lowest BCUT2D eigenvalue weighted by Gasteiger charge is -2.32. The van der Waals surface area contributed by atoms with Crippen molar-refractivity contribution in [3.63, 3.8) is 0 Å². The van der Waals surface area contributed by atoms with Crippen LogP contribution in [0.3, 0.4) is 0 Å². The SMILES string of the molecule is CC(C)OC(=O)N1CCC(OC(C)c2noc(-c3cnc(Cl)cn3)n2)CC1. The van der Waals surface area contributed by atoms with Crippen LogP contribution in [-0.4, -0.2) is 56.4 Å². The molecule has 1 aliphatic heterocycles. The van der Waals surface area contributed by atoms with Crippen LogP contribution >= 0.6 is 11.6 Å². The zero-order valence-electron chi connectivity index (χ0n) is 15.5. The van der Waals surface area contributed by atoms with E-state index in [1.165, 1.54) is 12.4 Å². The van der Waals surface area contributed by atoms with E-state index < -0.39 is 0 Å². The molecule has 0 bridgehead atoms. The maximum atomic E-state index is 11.9. The number of nitrogens with zero attached hydrogens (tertiary/aromatic N) is 5. The number of halogens is 1. The van der Waals surface area contributed by atoms with Gasteiger partial charge in [-0.3, -0.25) is 0 Å². The second-order valence-corrected chi connectivity index (χ2v) is 6.97. The molecule has 27 heavy (non-hydrogen) atoms. The van der Waals surface area contributed by atoms with Crippen LogP contribution in [0.2, 0.25) is 5.15 Å². The third-order valence-electron chi connectivity index (χ3n) is 4.08. The summed E-state index contributed by atoms with van der Waals surface area (Å²) >= 11 is 5.73. The molecule has 1 fully saturated rings. The Bertz CT molecular complexity index is 759. The van der Waals surface area contributed by atoms with Gasteiger partial charge in [-0.15, -0.1) is 0 Å². The van der Waals surface area contributed by atoms with E-state index in [1.807, 2.05) is 20.8 Å². The standard InChI is InChI=1S/C17H22ClN5O4/c1-10(2)25-17(24)23-6-4-12(5-7-23)26-11(3)15-21-16(27-22-15)13-8-20-14(18)9-19-13/h8-12H,4-7H2,1-3H3. The molecule has 3 rings (SSSR count). The quantitative estimate of drug-likeness (QED) is 0.759. The van der Waals surface area contributed by atoms with Crippen molar-refractivity contribution in [3.05, 3.63) is 23.4 Å². The monoisotopic (exact) mass is 395 g/mol. The smallest absolute Gasteiger partial charge is 0.410 e. The van der Waals surface area contributed by atoms with Crippen molar-refractivity contribution < 1.29 is 18.8 Å².